The summed E-state index contributed by atoms with van der Waals surface area (Å²) in [4.78, 5) is 0. The standard InChI is InChI=1S/C20H33N/c1-6-12-21-15-20(13-16(7-2)14-20)18-10-8-17(9-11-18)19(3,4)5/h8-11,16,21H,6-7,12-15H2,1-5H3. The molecule has 1 aromatic rings. The molecule has 0 amide bonds. The highest BCUT2D eigenvalue weighted by Gasteiger charge is 2.44. The Hall–Kier alpha value is -0.820. The van der Waals surface area contributed by atoms with Crippen molar-refractivity contribution in [3.05, 3.63) is 35.4 Å². The second-order valence-electron chi connectivity index (χ2n) is 7.97. The zero-order valence-electron chi connectivity index (χ0n) is 14.6. The SMILES string of the molecule is CCCNCC1(c2ccc(C(C)(C)C)cc2)CC(CC)C1. The van der Waals surface area contributed by atoms with Gasteiger partial charge in [-0.15, -0.1) is 0 Å². The van der Waals surface area contributed by atoms with Gasteiger partial charge in [-0.2, -0.15) is 0 Å². The highest BCUT2D eigenvalue weighted by Crippen LogP contribution is 2.49. The van der Waals surface area contributed by atoms with Crippen LogP contribution in [0.2, 0.25) is 0 Å². The molecule has 0 heterocycles. The third-order valence-corrected chi connectivity index (χ3v) is 5.19. The van der Waals surface area contributed by atoms with E-state index in [0.717, 1.165) is 19.0 Å². The molecular weight excluding hydrogens is 254 g/mol. The van der Waals surface area contributed by atoms with Gasteiger partial charge in [0.25, 0.3) is 0 Å². The summed E-state index contributed by atoms with van der Waals surface area (Å²) in [5.41, 5.74) is 3.63. The van der Waals surface area contributed by atoms with Crippen molar-refractivity contribution < 1.29 is 0 Å². The second-order valence-corrected chi connectivity index (χ2v) is 7.97. The Morgan fingerprint density at radius 2 is 1.71 bits per heavy atom. The third kappa shape index (κ3) is 3.69. The predicted octanol–water partition coefficient (Wildman–Crippen LogP) is 5.04. The van der Waals surface area contributed by atoms with Crippen molar-refractivity contribution >= 4 is 0 Å². The Bertz CT molecular complexity index is 432. The maximum absolute atomic E-state index is 3.67. The molecule has 0 radical (unpaired) electrons. The van der Waals surface area contributed by atoms with Crippen molar-refractivity contribution in [1.82, 2.24) is 5.32 Å². The van der Waals surface area contributed by atoms with Crippen LogP contribution in [0.4, 0.5) is 0 Å². The van der Waals surface area contributed by atoms with E-state index in [9.17, 15) is 0 Å². The van der Waals surface area contributed by atoms with Gasteiger partial charge in [0.1, 0.15) is 0 Å². The van der Waals surface area contributed by atoms with E-state index < -0.39 is 0 Å². The fourth-order valence-corrected chi connectivity index (χ4v) is 3.64. The molecule has 1 aliphatic carbocycles. The summed E-state index contributed by atoms with van der Waals surface area (Å²) >= 11 is 0. The van der Waals surface area contributed by atoms with Crippen LogP contribution in [0.1, 0.15) is 71.4 Å². The van der Waals surface area contributed by atoms with Crippen molar-refractivity contribution in [3.63, 3.8) is 0 Å². The van der Waals surface area contributed by atoms with Gasteiger partial charge < -0.3 is 5.32 Å². The monoisotopic (exact) mass is 287 g/mol. The molecule has 0 saturated heterocycles. The molecule has 1 nitrogen and oxygen atoms in total. The van der Waals surface area contributed by atoms with Crippen LogP contribution >= 0.6 is 0 Å². The Balaban J connectivity index is 2.14. The minimum absolute atomic E-state index is 0.248. The minimum Gasteiger partial charge on any atom is -0.316 e. The minimum atomic E-state index is 0.248. The molecule has 1 heteroatoms. The van der Waals surface area contributed by atoms with E-state index in [0.29, 0.717) is 5.41 Å². The lowest BCUT2D eigenvalue weighted by Gasteiger charge is -2.49. The molecule has 1 fully saturated rings. The molecule has 1 aliphatic rings. The van der Waals surface area contributed by atoms with E-state index in [-0.39, 0.29) is 5.41 Å². The van der Waals surface area contributed by atoms with Crippen LogP contribution in [0.5, 0.6) is 0 Å². The maximum Gasteiger partial charge on any atom is 0.00830 e. The Morgan fingerprint density at radius 3 is 2.19 bits per heavy atom. The van der Waals surface area contributed by atoms with E-state index in [1.165, 1.54) is 31.2 Å². The van der Waals surface area contributed by atoms with Crippen LogP contribution in [0.15, 0.2) is 24.3 Å². The largest absolute Gasteiger partial charge is 0.316 e. The Morgan fingerprint density at radius 1 is 1.10 bits per heavy atom. The third-order valence-electron chi connectivity index (χ3n) is 5.19. The summed E-state index contributed by atoms with van der Waals surface area (Å²) in [6, 6.07) is 9.46. The van der Waals surface area contributed by atoms with Crippen LogP contribution in [0, 0.1) is 5.92 Å². The topological polar surface area (TPSA) is 12.0 Å². The smallest absolute Gasteiger partial charge is 0.00830 e. The number of hydrogen-bond donors (Lipinski definition) is 1. The van der Waals surface area contributed by atoms with Gasteiger partial charge in [0, 0.05) is 12.0 Å². The lowest BCUT2D eigenvalue weighted by molar-refractivity contribution is 0.134. The van der Waals surface area contributed by atoms with Crippen LogP contribution in [0.25, 0.3) is 0 Å². The number of benzene rings is 1. The summed E-state index contributed by atoms with van der Waals surface area (Å²) in [7, 11) is 0. The van der Waals surface area contributed by atoms with Gasteiger partial charge in [-0.05, 0) is 48.3 Å². The molecule has 0 aromatic heterocycles. The van der Waals surface area contributed by atoms with Crippen LogP contribution in [-0.2, 0) is 10.8 Å². The van der Waals surface area contributed by atoms with Crippen LogP contribution in [0.3, 0.4) is 0 Å². The molecule has 118 valence electrons. The van der Waals surface area contributed by atoms with Gasteiger partial charge in [-0.25, -0.2) is 0 Å². The first kappa shape index (κ1) is 16.5. The van der Waals surface area contributed by atoms with Gasteiger partial charge in [0.2, 0.25) is 0 Å². The molecule has 1 N–H and O–H groups in total. The summed E-state index contributed by atoms with van der Waals surface area (Å²) in [5.74, 6) is 0.927. The number of hydrogen-bond acceptors (Lipinski definition) is 1. The first-order valence-electron chi connectivity index (χ1n) is 8.73. The number of rotatable bonds is 6. The van der Waals surface area contributed by atoms with Gasteiger partial charge in [-0.1, -0.05) is 65.3 Å². The summed E-state index contributed by atoms with van der Waals surface area (Å²) in [5, 5.41) is 3.67. The summed E-state index contributed by atoms with van der Waals surface area (Å²) < 4.78 is 0. The lowest BCUT2D eigenvalue weighted by atomic mass is 9.57. The molecule has 0 atom stereocenters. The normalized spacial score (nSPS) is 25.7. The van der Waals surface area contributed by atoms with E-state index in [2.05, 4.69) is 64.2 Å². The lowest BCUT2D eigenvalue weighted by Crippen LogP contribution is -2.48. The molecule has 0 aliphatic heterocycles. The van der Waals surface area contributed by atoms with E-state index in [1.807, 2.05) is 0 Å². The second kappa shape index (κ2) is 6.52. The van der Waals surface area contributed by atoms with Gasteiger partial charge in [0.05, 0.1) is 0 Å². The molecule has 0 unspecified atom stereocenters. The average molecular weight is 287 g/mol. The first-order chi connectivity index (χ1) is 9.91. The highest BCUT2D eigenvalue weighted by molar-refractivity contribution is 5.34. The summed E-state index contributed by atoms with van der Waals surface area (Å²) in [6.45, 7) is 13.7. The summed E-state index contributed by atoms with van der Waals surface area (Å²) in [6.07, 6.45) is 5.26. The molecule has 2 rings (SSSR count). The highest BCUT2D eigenvalue weighted by atomic mass is 14.9. The quantitative estimate of drug-likeness (QED) is 0.723. The molecule has 1 saturated carbocycles. The maximum atomic E-state index is 3.67. The van der Waals surface area contributed by atoms with Gasteiger partial charge in [-0.3, -0.25) is 0 Å². The Labute approximate surface area is 131 Å². The van der Waals surface area contributed by atoms with Crippen LogP contribution < -0.4 is 5.32 Å². The van der Waals surface area contributed by atoms with Crippen LogP contribution in [-0.4, -0.2) is 13.1 Å². The molecule has 21 heavy (non-hydrogen) atoms. The molecule has 0 spiro atoms. The van der Waals surface area contributed by atoms with E-state index in [1.54, 1.807) is 5.56 Å². The molecule has 0 bridgehead atoms. The van der Waals surface area contributed by atoms with Crippen molar-refractivity contribution in [2.24, 2.45) is 5.92 Å². The van der Waals surface area contributed by atoms with Crippen molar-refractivity contribution in [1.29, 1.82) is 0 Å². The van der Waals surface area contributed by atoms with Gasteiger partial charge >= 0.3 is 0 Å². The average Bonchev–Trinajstić information content (AvgIpc) is 2.41. The molecular formula is C20H33N. The van der Waals surface area contributed by atoms with E-state index in [4.69, 9.17) is 0 Å². The zero-order valence-corrected chi connectivity index (χ0v) is 14.6. The van der Waals surface area contributed by atoms with E-state index >= 15 is 0 Å². The fraction of sp³-hybridized carbons (Fsp3) is 0.700. The van der Waals surface area contributed by atoms with Crippen molar-refractivity contribution in [2.75, 3.05) is 13.1 Å². The van der Waals surface area contributed by atoms with Gasteiger partial charge in [0.15, 0.2) is 0 Å². The number of nitrogens with one attached hydrogen (secondary N) is 1. The zero-order chi connectivity index (χ0) is 15.5. The first-order valence-corrected chi connectivity index (χ1v) is 8.73. The van der Waals surface area contributed by atoms with Crippen molar-refractivity contribution in [2.45, 2.75) is 71.1 Å². The predicted molar refractivity (Wildman–Crippen MR) is 93.0 cm³/mol. The Kier molecular flexibility index (Phi) is 5.14. The molecule has 1 aromatic carbocycles. The van der Waals surface area contributed by atoms with Crippen molar-refractivity contribution in [3.8, 4) is 0 Å². The fourth-order valence-electron chi connectivity index (χ4n) is 3.64.